The molecule has 21 heavy (non-hydrogen) atoms. The Morgan fingerprint density at radius 1 is 1.43 bits per heavy atom. The molecule has 0 saturated carbocycles. The first-order valence-electron chi connectivity index (χ1n) is 7.07. The molecule has 0 aliphatic rings. The van der Waals surface area contributed by atoms with E-state index in [0.717, 1.165) is 0 Å². The number of nitrogens with zero attached hydrogens (tertiary/aromatic N) is 2. The molecular weight excluding hydrogens is 270 g/mol. The molecule has 1 aromatic heterocycles. The molecule has 118 valence electrons. The second kappa shape index (κ2) is 6.28. The maximum absolute atomic E-state index is 11.9. The van der Waals surface area contributed by atoms with Gasteiger partial charge in [0, 0.05) is 12.7 Å². The van der Waals surface area contributed by atoms with Crippen LogP contribution in [0, 0.1) is 5.92 Å². The summed E-state index contributed by atoms with van der Waals surface area (Å²) >= 11 is 0. The highest BCUT2D eigenvalue weighted by molar-refractivity contribution is 5.77. The van der Waals surface area contributed by atoms with Crippen LogP contribution in [0.4, 0.5) is 4.79 Å². The minimum atomic E-state index is -1.17. The van der Waals surface area contributed by atoms with Gasteiger partial charge in [-0.1, -0.05) is 13.8 Å². The zero-order chi connectivity index (χ0) is 16.3. The summed E-state index contributed by atoms with van der Waals surface area (Å²) in [6.45, 7) is 11.7. The van der Waals surface area contributed by atoms with E-state index < -0.39 is 17.2 Å². The lowest BCUT2D eigenvalue weighted by Gasteiger charge is -2.28. The largest absolute Gasteiger partial charge is 0.444 e. The van der Waals surface area contributed by atoms with E-state index in [2.05, 4.69) is 24.3 Å². The summed E-state index contributed by atoms with van der Waals surface area (Å²) in [5.41, 5.74) is -1.16. The van der Waals surface area contributed by atoms with Gasteiger partial charge in [-0.2, -0.15) is 5.10 Å². The fourth-order valence-corrected chi connectivity index (χ4v) is 1.93. The minimum absolute atomic E-state index is 0.376. The Balaban J connectivity index is 2.97. The van der Waals surface area contributed by atoms with E-state index in [1.807, 2.05) is 0 Å². The monoisotopic (exact) mass is 295 g/mol. The first-order valence-corrected chi connectivity index (χ1v) is 7.07. The number of alkyl carbamates (subject to hydrolysis) is 1. The van der Waals surface area contributed by atoms with E-state index in [0.29, 0.717) is 24.4 Å². The highest BCUT2D eigenvalue weighted by Gasteiger charge is 2.33. The van der Waals surface area contributed by atoms with Gasteiger partial charge in [-0.15, -0.1) is 0 Å². The summed E-state index contributed by atoms with van der Waals surface area (Å²) in [7, 11) is 0. The molecule has 1 atom stereocenters. The molecule has 0 aliphatic carbocycles. The maximum Gasteiger partial charge on any atom is 0.408 e. The van der Waals surface area contributed by atoms with E-state index in [-0.39, 0.29) is 0 Å². The van der Waals surface area contributed by atoms with Crippen molar-refractivity contribution < 1.29 is 14.3 Å². The van der Waals surface area contributed by atoms with Crippen molar-refractivity contribution in [3.63, 3.8) is 0 Å². The minimum Gasteiger partial charge on any atom is -0.444 e. The van der Waals surface area contributed by atoms with Crippen molar-refractivity contribution in [2.45, 2.75) is 59.2 Å². The smallest absolute Gasteiger partial charge is 0.408 e. The number of aromatic nitrogens is 2. The predicted octanol–water partition coefficient (Wildman–Crippen LogP) is 2.48. The Hall–Kier alpha value is -1.85. The predicted molar refractivity (Wildman–Crippen MR) is 79.9 cm³/mol. The van der Waals surface area contributed by atoms with Gasteiger partial charge in [-0.3, -0.25) is 4.68 Å². The highest BCUT2D eigenvalue weighted by atomic mass is 16.6. The molecule has 1 unspecified atom stereocenters. The summed E-state index contributed by atoms with van der Waals surface area (Å²) in [6, 6.07) is 1.73. The van der Waals surface area contributed by atoms with Crippen LogP contribution in [0.5, 0.6) is 0 Å². The highest BCUT2D eigenvalue weighted by Crippen LogP contribution is 2.20. The number of carbonyl (C=O) groups is 2. The molecule has 1 aromatic rings. The number of nitrogens with one attached hydrogen (secondary N) is 1. The third kappa shape index (κ3) is 4.88. The molecule has 0 radical (unpaired) electrons. The van der Waals surface area contributed by atoms with Gasteiger partial charge in [0.05, 0.1) is 5.69 Å². The van der Waals surface area contributed by atoms with Crippen LogP contribution in [-0.2, 0) is 21.6 Å². The number of hydrogen-bond acceptors (Lipinski definition) is 4. The molecule has 6 nitrogen and oxygen atoms in total. The van der Waals surface area contributed by atoms with Crippen LogP contribution >= 0.6 is 0 Å². The quantitative estimate of drug-likeness (QED) is 0.847. The van der Waals surface area contributed by atoms with Crippen molar-refractivity contribution in [1.29, 1.82) is 0 Å². The first-order chi connectivity index (χ1) is 9.57. The van der Waals surface area contributed by atoms with Gasteiger partial charge in [-0.25, -0.2) is 4.79 Å². The van der Waals surface area contributed by atoms with Gasteiger partial charge in [-0.05, 0) is 39.7 Å². The summed E-state index contributed by atoms with van der Waals surface area (Å²) in [4.78, 5) is 23.5. The van der Waals surface area contributed by atoms with Crippen LogP contribution in [-0.4, -0.2) is 27.8 Å². The van der Waals surface area contributed by atoms with Crippen molar-refractivity contribution in [3.8, 4) is 0 Å². The third-order valence-corrected chi connectivity index (χ3v) is 2.78. The maximum atomic E-state index is 11.9. The van der Waals surface area contributed by atoms with Crippen molar-refractivity contribution >= 4 is 12.4 Å². The summed E-state index contributed by atoms with van der Waals surface area (Å²) in [6.07, 6.45) is 1.69. The van der Waals surface area contributed by atoms with Crippen molar-refractivity contribution in [3.05, 3.63) is 18.0 Å². The van der Waals surface area contributed by atoms with Gasteiger partial charge in [0.25, 0.3) is 0 Å². The summed E-state index contributed by atoms with van der Waals surface area (Å²) in [5, 5.41) is 6.84. The Morgan fingerprint density at radius 3 is 2.52 bits per heavy atom. The second-order valence-electron chi connectivity index (χ2n) is 6.74. The molecule has 0 bridgehead atoms. The Labute approximate surface area is 125 Å². The Morgan fingerprint density at radius 2 is 2.05 bits per heavy atom. The molecule has 0 saturated heterocycles. The lowest BCUT2D eigenvalue weighted by atomic mass is 9.99. The molecule has 1 amide bonds. The second-order valence-corrected chi connectivity index (χ2v) is 6.74. The fraction of sp³-hybridized carbons (Fsp3) is 0.667. The zero-order valence-corrected chi connectivity index (χ0v) is 13.6. The fourth-order valence-electron chi connectivity index (χ4n) is 1.93. The van der Waals surface area contributed by atoms with E-state index in [1.54, 1.807) is 44.6 Å². The van der Waals surface area contributed by atoms with Crippen LogP contribution in [0.1, 0.15) is 47.2 Å². The average Bonchev–Trinajstić information content (AvgIpc) is 2.73. The topological polar surface area (TPSA) is 73.2 Å². The number of rotatable bonds is 5. The number of aldehydes is 1. The van der Waals surface area contributed by atoms with Gasteiger partial charge in [0.1, 0.15) is 11.1 Å². The molecule has 0 fully saturated rings. The van der Waals surface area contributed by atoms with Crippen LogP contribution in [0.15, 0.2) is 12.3 Å². The van der Waals surface area contributed by atoms with Crippen molar-refractivity contribution in [1.82, 2.24) is 15.1 Å². The van der Waals surface area contributed by atoms with E-state index in [1.165, 1.54) is 0 Å². The van der Waals surface area contributed by atoms with Crippen molar-refractivity contribution in [2.24, 2.45) is 5.92 Å². The number of ether oxygens (including phenoxy) is 1. The first kappa shape index (κ1) is 17.2. The van der Waals surface area contributed by atoms with Gasteiger partial charge < -0.3 is 14.8 Å². The zero-order valence-electron chi connectivity index (χ0n) is 13.6. The molecule has 1 heterocycles. The third-order valence-electron chi connectivity index (χ3n) is 2.78. The van der Waals surface area contributed by atoms with Gasteiger partial charge in [0.15, 0.2) is 6.29 Å². The molecule has 6 heteroatoms. The SMILES string of the molecule is CC(C)Cn1nccc1C(C)(C=O)NC(=O)OC(C)(C)C. The lowest BCUT2D eigenvalue weighted by molar-refractivity contribution is -0.113. The number of hydrogen-bond donors (Lipinski definition) is 1. The molecule has 1 rings (SSSR count). The molecule has 0 aliphatic heterocycles. The van der Waals surface area contributed by atoms with Crippen LogP contribution in [0.2, 0.25) is 0 Å². The Bertz CT molecular complexity index is 503. The van der Waals surface area contributed by atoms with Crippen LogP contribution < -0.4 is 5.32 Å². The standard InChI is InChI=1S/C15H25N3O3/c1-11(2)9-18-12(7-8-16-18)15(6,10-19)17-13(20)21-14(3,4)5/h7-8,10-11H,9H2,1-6H3,(H,17,20). The molecule has 1 N–H and O–H groups in total. The molecular formula is C15H25N3O3. The van der Waals surface area contributed by atoms with E-state index in [4.69, 9.17) is 4.74 Å². The normalized spacial score (nSPS) is 14.6. The molecule has 0 spiro atoms. The van der Waals surface area contributed by atoms with E-state index in [9.17, 15) is 9.59 Å². The average molecular weight is 295 g/mol. The number of carbonyl (C=O) groups excluding carboxylic acids is 2. The number of amides is 1. The summed E-state index contributed by atoms with van der Waals surface area (Å²) in [5.74, 6) is 0.376. The lowest BCUT2D eigenvalue weighted by Crippen LogP contribution is -2.48. The van der Waals surface area contributed by atoms with Crippen LogP contribution in [0.3, 0.4) is 0 Å². The van der Waals surface area contributed by atoms with Crippen molar-refractivity contribution in [2.75, 3.05) is 0 Å². The Kier molecular flexibility index (Phi) is 5.15. The van der Waals surface area contributed by atoms with Crippen LogP contribution in [0.25, 0.3) is 0 Å². The van der Waals surface area contributed by atoms with Gasteiger partial charge >= 0.3 is 6.09 Å². The molecule has 0 aromatic carbocycles. The van der Waals surface area contributed by atoms with E-state index >= 15 is 0 Å². The van der Waals surface area contributed by atoms with Gasteiger partial charge in [0.2, 0.25) is 0 Å². The summed E-state index contributed by atoms with van der Waals surface area (Å²) < 4.78 is 6.95.